The van der Waals surface area contributed by atoms with Gasteiger partial charge in [0.1, 0.15) is 5.01 Å². The van der Waals surface area contributed by atoms with Crippen LogP contribution in [0.5, 0.6) is 0 Å². The van der Waals surface area contributed by atoms with E-state index in [0.29, 0.717) is 6.42 Å². The second-order valence-electron chi connectivity index (χ2n) is 5.50. The summed E-state index contributed by atoms with van der Waals surface area (Å²) in [6.07, 6.45) is 5.05. The predicted molar refractivity (Wildman–Crippen MR) is 87.6 cm³/mol. The van der Waals surface area contributed by atoms with Crippen molar-refractivity contribution in [1.82, 2.24) is 15.3 Å². The van der Waals surface area contributed by atoms with Crippen molar-refractivity contribution in [1.29, 1.82) is 0 Å². The molecule has 1 atom stereocenters. The third kappa shape index (κ3) is 4.35. The van der Waals surface area contributed by atoms with Crippen LogP contribution in [-0.4, -0.2) is 33.1 Å². The Kier molecular flexibility index (Phi) is 5.63. The maximum atomic E-state index is 12.2. The van der Waals surface area contributed by atoms with Crippen LogP contribution in [0.2, 0.25) is 0 Å². The van der Waals surface area contributed by atoms with Gasteiger partial charge in [0, 0.05) is 35.5 Å². The molecule has 0 saturated carbocycles. The van der Waals surface area contributed by atoms with E-state index in [1.807, 2.05) is 31.4 Å². The molecule has 22 heavy (non-hydrogen) atoms. The molecule has 2 aromatic heterocycles. The highest BCUT2D eigenvalue weighted by Crippen LogP contribution is 2.23. The number of nitrogens with one attached hydrogen (secondary N) is 1. The minimum absolute atomic E-state index is 0.0620. The van der Waals surface area contributed by atoms with Crippen molar-refractivity contribution in [2.45, 2.75) is 38.6 Å². The fourth-order valence-electron chi connectivity index (χ4n) is 2.13. The van der Waals surface area contributed by atoms with Gasteiger partial charge in [-0.05, 0) is 31.9 Å². The molecular weight excluding hydrogens is 298 g/mol. The number of rotatable bonds is 7. The number of carbonyl (C=O) groups is 1. The number of aromatic nitrogens is 2. The lowest BCUT2D eigenvalue weighted by molar-refractivity contribution is -0.122. The summed E-state index contributed by atoms with van der Waals surface area (Å²) in [5.74, 6) is -0.0687. The first kappa shape index (κ1) is 16.6. The summed E-state index contributed by atoms with van der Waals surface area (Å²) >= 11 is 1.51. The van der Waals surface area contributed by atoms with Crippen molar-refractivity contribution in [3.05, 3.63) is 35.6 Å². The van der Waals surface area contributed by atoms with Gasteiger partial charge in [-0.15, -0.1) is 11.3 Å². The number of hydrogen-bond acceptors (Lipinski definition) is 5. The normalized spacial score (nSPS) is 13.6. The highest BCUT2D eigenvalue weighted by atomic mass is 32.1. The van der Waals surface area contributed by atoms with Crippen LogP contribution < -0.4 is 5.32 Å². The number of aliphatic hydroxyl groups is 1. The molecule has 1 amide bonds. The van der Waals surface area contributed by atoms with Crippen molar-refractivity contribution >= 4 is 17.2 Å². The first-order valence-corrected chi connectivity index (χ1v) is 8.21. The Labute approximate surface area is 134 Å². The topological polar surface area (TPSA) is 75.1 Å². The molecule has 6 heteroatoms. The maximum absolute atomic E-state index is 12.2. The minimum atomic E-state index is -0.367. The second kappa shape index (κ2) is 7.47. The zero-order valence-corrected chi connectivity index (χ0v) is 13.7. The Morgan fingerprint density at radius 1 is 1.50 bits per heavy atom. The zero-order valence-electron chi connectivity index (χ0n) is 12.9. The molecule has 0 bridgehead atoms. The molecule has 2 aromatic rings. The molecule has 0 fully saturated rings. The average molecular weight is 319 g/mol. The number of aliphatic hydroxyl groups excluding tert-OH is 1. The van der Waals surface area contributed by atoms with Gasteiger partial charge in [-0.3, -0.25) is 9.78 Å². The number of amides is 1. The molecule has 0 saturated heterocycles. The van der Waals surface area contributed by atoms with E-state index in [1.54, 1.807) is 12.4 Å². The summed E-state index contributed by atoms with van der Waals surface area (Å²) in [5.41, 5.74) is 1.34. The SMILES string of the molecule is CCC(C)(CCO)NC(=O)Cc1csc(-c2cccnc2)n1. The Hall–Kier alpha value is -1.79. The van der Waals surface area contributed by atoms with Crippen molar-refractivity contribution in [3.63, 3.8) is 0 Å². The fraction of sp³-hybridized carbons (Fsp3) is 0.438. The molecule has 2 N–H and O–H groups in total. The van der Waals surface area contributed by atoms with Crippen molar-refractivity contribution in [2.24, 2.45) is 0 Å². The molecule has 0 spiro atoms. The Morgan fingerprint density at radius 3 is 2.95 bits per heavy atom. The molecule has 2 heterocycles. The monoisotopic (exact) mass is 319 g/mol. The van der Waals surface area contributed by atoms with Gasteiger partial charge in [-0.25, -0.2) is 4.98 Å². The lowest BCUT2D eigenvalue weighted by Gasteiger charge is -2.28. The second-order valence-corrected chi connectivity index (χ2v) is 6.36. The van der Waals surface area contributed by atoms with Gasteiger partial charge in [0.25, 0.3) is 0 Å². The standard InChI is InChI=1S/C16H21N3O2S/c1-3-16(2,6-8-20)19-14(21)9-13-11-22-15(18-13)12-5-4-7-17-10-12/h4-5,7,10-11,20H,3,6,8-9H2,1-2H3,(H,19,21). The zero-order chi connectivity index (χ0) is 16.0. The summed E-state index contributed by atoms with van der Waals surface area (Å²) in [5, 5.41) is 14.9. The van der Waals surface area contributed by atoms with E-state index in [2.05, 4.69) is 15.3 Å². The number of pyridine rings is 1. The van der Waals surface area contributed by atoms with E-state index < -0.39 is 0 Å². The Balaban J connectivity index is 1.99. The molecule has 0 aliphatic carbocycles. The number of thiazole rings is 1. The van der Waals surface area contributed by atoms with Gasteiger partial charge in [-0.1, -0.05) is 6.92 Å². The van der Waals surface area contributed by atoms with Crippen LogP contribution in [0.15, 0.2) is 29.9 Å². The first-order chi connectivity index (χ1) is 10.6. The van der Waals surface area contributed by atoms with Crippen molar-refractivity contribution < 1.29 is 9.90 Å². The van der Waals surface area contributed by atoms with Crippen LogP contribution in [0.25, 0.3) is 10.6 Å². The Bertz CT molecular complexity index is 615. The molecule has 5 nitrogen and oxygen atoms in total. The van der Waals surface area contributed by atoms with Gasteiger partial charge < -0.3 is 10.4 Å². The fourth-order valence-corrected chi connectivity index (χ4v) is 2.94. The average Bonchev–Trinajstić information content (AvgIpc) is 2.96. The highest BCUT2D eigenvalue weighted by molar-refractivity contribution is 7.13. The summed E-state index contributed by atoms with van der Waals surface area (Å²) in [4.78, 5) is 20.7. The van der Waals surface area contributed by atoms with Crippen LogP contribution in [0.3, 0.4) is 0 Å². The number of nitrogens with zero attached hydrogens (tertiary/aromatic N) is 2. The van der Waals surface area contributed by atoms with Gasteiger partial charge in [0.15, 0.2) is 0 Å². The van der Waals surface area contributed by atoms with Crippen LogP contribution in [0.4, 0.5) is 0 Å². The minimum Gasteiger partial charge on any atom is -0.396 e. The molecule has 0 radical (unpaired) electrons. The van der Waals surface area contributed by atoms with E-state index in [1.165, 1.54) is 11.3 Å². The largest absolute Gasteiger partial charge is 0.396 e. The van der Waals surface area contributed by atoms with E-state index in [-0.39, 0.29) is 24.5 Å². The van der Waals surface area contributed by atoms with Gasteiger partial charge >= 0.3 is 0 Å². The van der Waals surface area contributed by atoms with Crippen LogP contribution in [-0.2, 0) is 11.2 Å². The van der Waals surface area contributed by atoms with Crippen LogP contribution >= 0.6 is 11.3 Å². The molecule has 0 aliphatic heterocycles. The smallest absolute Gasteiger partial charge is 0.226 e. The third-order valence-corrected chi connectivity index (χ3v) is 4.63. The highest BCUT2D eigenvalue weighted by Gasteiger charge is 2.23. The van der Waals surface area contributed by atoms with Crippen LogP contribution in [0, 0.1) is 0 Å². The summed E-state index contributed by atoms with van der Waals surface area (Å²) in [6, 6.07) is 3.82. The van der Waals surface area contributed by atoms with E-state index in [9.17, 15) is 4.79 Å². The van der Waals surface area contributed by atoms with Gasteiger partial charge in [0.05, 0.1) is 12.1 Å². The van der Waals surface area contributed by atoms with E-state index >= 15 is 0 Å². The lowest BCUT2D eigenvalue weighted by atomic mass is 9.94. The molecule has 0 aromatic carbocycles. The van der Waals surface area contributed by atoms with Gasteiger partial charge in [-0.2, -0.15) is 0 Å². The van der Waals surface area contributed by atoms with E-state index in [4.69, 9.17) is 5.11 Å². The third-order valence-electron chi connectivity index (χ3n) is 3.69. The van der Waals surface area contributed by atoms with Crippen molar-refractivity contribution in [2.75, 3.05) is 6.61 Å². The lowest BCUT2D eigenvalue weighted by Crippen LogP contribution is -2.46. The number of carbonyl (C=O) groups excluding carboxylic acids is 1. The van der Waals surface area contributed by atoms with Crippen molar-refractivity contribution in [3.8, 4) is 10.6 Å². The van der Waals surface area contributed by atoms with Gasteiger partial charge in [0.2, 0.25) is 5.91 Å². The maximum Gasteiger partial charge on any atom is 0.226 e. The molecule has 1 unspecified atom stereocenters. The van der Waals surface area contributed by atoms with E-state index in [0.717, 1.165) is 22.7 Å². The quantitative estimate of drug-likeness (QED) is 0.822. The summed E-state index contributed by atoms with van der Waals surface area (Å²) in [6.45, 7) is 4.01. The Morgan fingerprint density at radius 2 is 2.32 bits per heavy atom. The predicted octanol–water partition coefficient (Wildman–Crippen LogP) is 2.41. The molecule has 0 aliphatic rings. The van der Waals surface area contributed by atoms with Crippen LogP contribution in [0.1, 0.15) is 32.4 Å². The summed E-state index contributed by atoms with van der Waals surface area (Å²) in [7, 11) is 0. The molecule has 2 rings (SSSR count). The molecular formula is C16H21N3O2S. The summed E-state index contributed by atoms with van der Waals surface area (Å²) < 4.78 is 0. The molecule has 118 valence electrons. The first-order valence-electron chi connectivity index (χ1n) is 7.33. The number of hydrogen-bond donors (Lipinski definition) is 2.